The van der Waals surface area contributed by atoms with Gasteiger partial charge in [-0.25, -0.2) is 8.42 Å². The van der Waals surface area contributed by atoms with Gasteiger partial charge >= 0.3 is 0 Å². The highest BCUT2D eigenvalue weighted by Crippen LogP contribution is 2.34. The van der Waals surface area contributed by atoms with E-state index >= 15 is 0 Å². The molecule has 22 heavy (non-hydrogen) atoms. The summed E-state index contributed by atoms with van der Waals surface area (Å²) in [5.74, 6) is 1.11. The van der Waals surface area contributed by atoms with Crippen molar-refractivity contribution in [2.75, 3.05) is 39.4 Å². The van der Waals surface area contributed by atoms with E-state index in [1.165, 1.54) is 15.5 Å². The quantitative estimate of drug-likeness (QED) is 0.803. The number of rotatable bonds is 2. The molecule has 0 fully saturated rings. The summed E-state index contributed by atoms with van der Waals surface area (Å²) in [6.45, 7) is 3.50. The van der Waals surface area contributed by atoms with Crippen LogP contribution in [0, 0.1) is 0 Å². The molecule has 0 amide bonds. The Balaban J connectivity index is 0.00000144. The van der Waals surface area contributed by atoms with E-state index in [1.54, 1.807) is 18.2 Å². The van der Waals surface area contributed by atoms with Crippen LogP contribution >= 0.6 is 12.4 Å². The van der Waals surface area contributed by atoms with E-state index in [0.29, 0.717) is 37.8 Å². The molecule has 120 valence electrons. The number of nitrogens with one attached hydrogen (secondary N) is 1. The minimum atomic E-state index is -3.49. The van der Waals surface area contributed by atoms with Crippen LogP contribution in [0.5, 0.6) is 11.5 Å². The summed E-state index contributed by atoms with van der Waals surface area (Å²) < 4.78 is 37.9. The first kappa shape index (κ1) is 15.6. The molecular formula is C14H17ClN2O4S. The molecular weight excluding hydrogens is 328 g/mol. The molecule has 3 aliphatic rings. The van der Waals surface area contributed by atoms with Gasteiger partial charge < -0.3 is 14.8 Å². The van der Waals surface area contributed by atoms with Crippen molar-refractivity contribution in [3.05, 3.63) is 29.3 Å². The first-order valence-corrected chi connectivity index (χ1v) is 8.39. The van der Waals surface area contributed by atoms with Crippen LogP contribution in [0.15, 0.2) is 34.2 Å². The topological polar surface area (TPSA) is 67.9 Å². The second kappa shape index (κ2) is 5.73. The molecule has 0 unspecified atom stereocenters. The predicted octanol–water partition coefficient (Wildman–Crippen LogP) is 0.784. The molecule has 0 radical (unpaired) electrons. The number of nitrogens with zero attached hydrogens (tertiary/aromatic N) is 1. The van der Waals surface area contributed by atoms with E-state index in [-0.39, 0.29) is 17.3 Å². The summed E-state index contributed by atoms with van der Waals surface area (Å²) in [5.41, 5.74) is 2.41. The fourth-order valence-electron chi connectivity index (χ4n) is 2.93. The average Bonchev–Trinajstić information content (AvgIpc) is 3.08. The molecule has 0 aromatic heterocycles. The van der Waals surface area contributed by atoms with E-state index < -0.39 is 10.0 Å². The minimum Gasteiger partial charge on any atom is -0.486 e. The van der Waals surface area contributed by atoms with Gasteiger partial charge in [0.15, 0.2) is 11.5 Å². The molecule has 0 saturated heterocycles. The molecule has 0 atom stereocenters. The van der Waals surface area contributed by atoms with Crippen molar-refractivity contribution in [3.63, 3.8) is 0 Å². The van der Waals surface area contributed by atoms with Crippen molar-refractivity contribution in [1.82, 2.24) is 9.62 Å². The van der Waals surface area contributed by atoms with Crippen molar-refractivity contribution in [1.29, 1.82) is 0 Å². The fraction of sp³-hybridized carbons (Fsp3) is 0.429. The van der Waals surface area contributed by atoms with E-state index in [2.05, 4.69) is 5.32 Å². The molecule has 1 N–H and O–H groups in total. The fourth-order valence-corrected chi connectivity index (χ4v) is 4.38. The van der Waals surface area contributed by atoms with Gasteiger partial charge in [-0.3, -0.25) is 0 Å². The molecule has 4 rings (SSSR count). The van der Waals surface area contributed by atoms with Crippen molar-refractivity contribution >= 4 is 22.4 Å². The van der Waals surface area contributed by atoms with Gasteiger partial charge in [-0.15, -0.1) is 12.4 Å². The lowest BCUT2D eigenvalue weighted by molar-refractivity contribution is 0.171. The summed E-state index contributed by atoms with van der Waals surface area (Å²) >= 11 is 0. The van der Waals surface area contributed by atoms with E-state index in [0.717, 1.165) is 13.1 Å². The Bertz CT molecular complexity index is 716. The third-order valence-corrected chi connectivity index (χ3v) is 5.85. The summed E-state index contributed by atoms with van der Waals surface area (Å²) in [7, 11) is -3.49. The van der Waals surface area contributed by atoms with E-state index in [4.69, 9.17) is 9.47 Å². The van der Waals surface area contributed by atoms with Gasteiger partial charge in [-0.2, -0.15) is 4.31 Å². The highest BCUT2D eigenvalue weighted by atomic mass is 35.5. The molecule has 8 heteroatoms. The Morgan fingerprint density at radius 1 is 1.00 bits per heavy atom. The Hall–Kier alpha value is -1.28. The zero-order valence-electron chi connectivity index (χ0n) is 11.9. The molecule has 0 saturated carbocycles. The summed E-state index contributed by atoms with van der Waals surface area (Å²) in [4.78, 5) is 0.265. The molecule has 0 bridgehead atoms. The lowest BCUT2D eigenvalue weighted by atomic mass is 10.2. The van der Waals surface area contributed by atoms with Crippen LogP contribution in [0.2, 0.25) is 0 Å². The van der Waals surface area contributed by atoms with Crippen molar-refractivity contribution < 1.29 is 17.9 Å². The van der Waals surface area contributed by atoms with Gasteiger partial charge in [0.05, 0.1) is 4.90 Å². The van der Waals surface area contributed by atoms with Crippen LogP contribution in [-0.4, -0.2) is 52.1 Å². The summed E-state index contributed by atoms with van der Waals surface area (Å²) in [5, 5.41) is 3.24. The van der Waals surface area contributed by atoms with Crippen LogP contribution in [0.25, 0.3) is 0 Å². The van der Waals surface area contributed by atoms with Crippen molar-refractivity contribution in [2.24, 2.45) is 0 Å². The SMILES string of the molecule is Cl.O=S(=O)(c1ccc2c(c1)OCCO2)N1CC2=C(CNC2)C1. The number of ether oxygens (including phenoxy) is 2. The van der Waals surface area contributed by atoms with Gasteiger partial charge in [0.1, 0.15) is 13.2 Å². The normalized spacial score (nSPS) is 20.7. The average molecular weight is 345 g/mol. The highest BCUT2D eigenvalue weighted by Gasteiger charge is 2.34. The number of sulfonamides is 1. The smallest absolute Gasteiger partial charge is 0.243 e. The van der Waals surface area contributed by atoms with Crippen LogP contribution in [0.3, 0.4) is 0 Å². The third kappa shape index (κ3) is 2.48. The van der Waals surface area contributed by atoms with Crippen LogP contribution in [0.4, 0.5) is 0 Å². The Morgan fingerprint density at radius 3 is 2.32 bits per heavy atom. The van der Waals surface area contributed by atoms with Crippen LogP contribution < -0.4 is 14.8 Å². The minimum absolute atomic E-state index is 0. The first-order valence-electron chi connectivity index (χ1n) is 6.95. The van der Waals surface area contributed by atoms with Gasteiger partial charge in [0.2, 0.25) is 10.0 Å². The third-order valence-electron chi connectivity index (χ3n) is 4.06. The molecule has 6 nitrogen and oxygen atoms in total. The van der Waals surface area contributed by atoms with Crippen molar-refractivity contribution in [3.8, 4) is 11.5 Å². The maximum atomic E-state index is 12.7. The van der Waals surface area contributed by atoms with Crippen LogP contribution in [0.1, 0.15) is 0 Å². The second-order valence-electron chi connectivity index (χ2n) is 5.39. The predicted molar refractivity (Wildman–Crippen MR) is 83.3 cm³/mol. The standard InChI is InChI=1S/C14H16N2O4S.ClH/c17-21(18,16-8-10-6-15-7-11(10)9-16)12-1-2-13-14(5-12)20-4-3-19-13;/h1-2,5,15H,3-4,6-9H2;1H. The second-order valence-corrected chi connectivity index (χ2v) is 7.33. The lowest BCUT2D eigenvalue weighted by Crippen LogP contribution is -2.32. The molecule has 3 aliphatic heterocycles. The van der Waals surface area contributed by atoms with Gasteiger partial charge in [-0.05, 0) is 23.3 Å². The monoisotopic (exact) mass is 344 g/mol. The van der Waals surface area contributed by atoms with E-state index in [1.807, 2.05) is 0 Å². The van der Waals surface area contributed by atoms with Crippen molar-refractivity contribution in [2.45, 2.75) is 4.90 Å². The molecule has 1 aromatic rings. The zero-order chi connectivity index (χ0) is 14.4. The number of benzene rings is 1. The first-order chi connectivity index (χ1) is 10.1. The molecule has 1 aromatic carbocycles. The number of halogens is 1. The molecule has 3 heterocycles. The summed E-state index contributed by atoms with van der Waals surface area (Å²) in [6, 6.07) is 4.82. The summed E-state index contributed by atoms with van der Waals surface area (Å²) in [6.07, 6.45) is 0. The number of fused-ring (bicyclic) bond motifs is 1. The van der Waals surface area contributed by atoms with Crippen LogP contribution in [-0.2, 0) is 10.0 Å². The number of hydrogen-bond acceptors (Lipinski definition) is 5. The van der Waals surface area contributed by atoms with Gasteiger partial charge in [0, 0.05) is 32.2 Å². The van der Waals surface area contributed by atoms with Gasteiger partial charge in [-0.1, -0.05) is 0 Å². The Kier molecular flexibility index (Phi) is 4.07. The van der Waals surface area contributed by atoms with Gasteiger partial charge in [0.25, 0.3) is 0 Å². The number of hydrogen-bond donors (Lipinski definition) is 1. The largest absolute Gasteiger partial charge is 0.486 e. The molecule has 0 spiro atoms. The maximum Gasteiger partial charge on any atom is 0.243 e. The Labute approximate surface area is 135 Å². The van der Waals surface area contributed by atoms with E-state index in [9.17, 15) is 8.42 Å². The molecule has 0 aliphatic carbocycles. The lowest BCUT2D eigenvalue weighted by Gasteiger charge is -2.21. The zero-order valence-corrected chi connectivity index (χ0v) is 13.5. The highest BCUT2D eigenvalue weighted by molar-refractivity contribution is 7.89. The maximum absolute atomic E-state index is 12.7. The Morgan fingerprint density at radius 2 is 1.64 bits per heavy atom.